The van der Waals surface area contributed by atoms with Crippen LogP contribution in [-0.4, -0.2) is 16.8 Å². The topological polar surface area (TPSA) is 111 Å². The molecule has 1 aliphatic carbocycles. The Hall–Kier alpha value is -4.72. The van der Waals surface area contributed by atoms with Crippen LogP contribution in [-0.2, 0) is 12.0 Å². The number of fused-ring (bicyclic) bond motifs is 1. The zero-order valence-electron chi connectivity index (χ0n) is 21.5. The minimum Gasteiger partial charge on any atom is -0.460 e. The first-order chi connectivity index (χ1) is 18.7. The molecule has 7 nitrogen and oxygen atoms in total. The van der Waals surface area contributed by atoms with E-state index >= 15 is 0 Å². The number of hydrogen-bond acceptors (Lipinski definition) is 5. The molecule has 2 aromatic heterocycles. The van der Waals surface area contributed by atoms with Crippen molar-refractivity contribution in [3.63, 3.8) is 0 Å². The van der Waals surface area contributed by atoms with Crippen molar-refractivity contribution in [2.75, 3.05) is 0 Å². The maximum atomic E-state index is 13.4. The number of amides is 2. The van der Waals surface area contributed by atoms with Crippen molar-refractivity contribution >= 4 is 22.8 Å². The number of furan rings is 1. The van der Waals surface area contributed by atoms with Gasteiger partial charge in [0.1, 0.15) is 22.7 Å². The van der Waals surface area contributed by atoms with Crippen LogP contribution in [0.25, 0.3) is 22.1 Å². The van der Waals surface area contributed by atoms with Crippen molar-refractivity contribution < 1.29 is 22.8 Å². The van der Waals surface area contributed by atoms with Crippen molar-refractivity contribution in [3.8, 4) is 11.1 Å². The molecule has 3 N–H and O–H groups in total. The molecule has 0 saturated heterocycles. The first kappa shape index (κ1) is 24.6. The summed E-state index contributed by atoms with van der Waals surface area (Å²) in [6.07, 6.45) is 3.28. The SMILES string of the molecule is Cc1ccc(C(=O)NC2(c3ocnc3C)CC2)cc1-c1ccc2oc(Cc3ccc(F)cc3)c(C(N)=O)c2c1. The normalized spacial score (nSPS) is 13.9. The molecule has 0 aliphatic heterocycles. The molecule has 3 aromatic carbocycles. The van der Waals surface area contributed by atoms with E-state index < -0.39 is 11.4 Å². The predicted octanol–water partition coefficient (Wildman–Crippen LogP) is 5.95. The van der Waals surface area contributed by atoms with Crippen LogP contribution in [0.4, 0.5) is 4.39 Å². The lowest BCUT2D eigenvalue weighted by atomic mass is 9.95. The van der Waals surface area contributed by atoms with Gasteiger partial charge in [0.05, 0.1) is 11.3 Å². The molecule has 1 fully saturated rings. The van der Waals surface area contributed by atoms with Crippen LogP contribution in [0, 0.1) is 19.7 Å². The molecule has 0 spiro atoms. The van der Waals surface area contributed by atoms with E-state index in [0.29, 0.717) is 40.0 Å². The van der Waals surface area contributed by atoms with Gasteiger partial charge in [-0.15, -0.1) is 0 Å². The molecule has 1 saturated carbocycles. The number of aromatic nitrogens is 1. The smallest absolute Gasteiger partial charge is 0.252 e. The number of rotatable bonds is 7. The average molecular weight is 524 g/mol. The van der Waals surface area contributed by atoms with Crippen molar-refractivity contribution in [1.29, 1.82) is 0 Å². The largest absolute Gasteiger partial charge is 0.460 e. The molecular weight excluding hydrogens is 497 g/mol. The molecule has 39 heavy (non-hydrogen) atoms. The third kappa shape index (κ3) is 4.48. The Balaban J connectivity index is 1.34. The fraction of sp³-hybridized carbons (Fsp3) is 0.194. The summed E-state index contributed by atoms with van der Waals surface area (Å²) in [7, 11) is 0. The molecule has 2 amide bonds. The van der Waals surface area contributed by atoms with E-state index in [0.717, 1.165) is 40.8 Å². The molecular formula is C31H26FN3O4. The number of carbonyl (C=O) groups excluding carboxylic acids is 2. The summed E-state index contributed by atoms with van der Waals surface area (Å²) in [6.45, 7) is 3.83. The van der Waals surface area contributed by atoms with Gasteiger partial charge in [-0.1, -0.05) is 24.3 Å². The van der Waals surface area contributed by atoms with Crippen LogP contribution in [0.1, 0.15) is 61.9 Å². The van der Waals surface area contributed by atoms with Crippen molar-refractivity contribution in [2.45, 2.75) is 38.6 Å². The lowest BCUT2D eigenvalue weighted by Crippen LogP contribution is -2.35. The van der Waals surface area contributed by atoms with E-state index in [4.69, 9.17) is 14.6 Å². The lowest BCUT2D eigenvalue weighted by Gasteiger charge is -2.16. The summed E-state index contributed by atoms with van der Waals surface area (Å²) in [5, 5.41) is 3.72. The second-order valence-corrected chi connectivity index (χ2v) is 10.1. The summed E-state index contributed by atoms with van der Waals surface area (Å²) in [6, 6.07) is 17.1. The first-order valence-corrected chi connectivity index (χ1v) is 12.7. The second-order valence-electron chi connectivity index (χ2n) is 10.1. The number of aryl methyl sites for hydroxylation is 2. The minimum atomic E-state index is -0.606. The Bertz CT molecular complexity index is 1750. The van der Waals surface area contributed by atoms with Gasteiger partial charge in [-0.2, -0.15) is 0 Å². The van der Waals surface area contributed by atoms with Crippen LogP contribution in [0.2, 0.25) is 0 Å². The van der Waals surface area contributed by atoms with Gasteiger partial charge in [0.25, 0.3) is 11.8 Å². The van der Waals surface area contributed by atoms with Crippen LogP contribution < -0.4 is 11.1 Å². The summed E-state index contributed by atoms with van der Waals surface area (Å²) in [5.74, 6) is -0.0268. The van der Waals surface area contributed by atoms with Crippen molar-refractivity contribution in [2.24, 2.45) is 5.73 Å². The molecule has 0 bridgehead atoms. The lowest BCUT2D eigenvalue weighted by molar-refractivity contribution is 0.0923. The number of halogens is 1. The molecule has 5 aromatic rings. The van der Waals surface area contributed by atoms with Gasteiger partial charge in [-0.3, -0.25) is 9.59 Å². The van der Waals surface area contributed by atoms with Gasteiger partial charge in [0, 0.05) is 17.4 Å². The summed E-state index contributed by atoms with van der Waals surface area (Å²) in [5.41, 5.74) is 10.8. The standard InChI is InChI=1S/C31H26FN3O4/c1-17-3-6-21(30(37)35-31(11-12-31)28-18(2)34-16-38-28)15-23(17)20-7-10-25-24(14-20)27(29(33)36)26(39-25)13-19-4-8-22(32)9-5-19/h3-10,14-16H,11-13H2,1-2H3,(H2,33,36)(H,35,37). The van der Waals surface area contributed by atoms with Crippen LogP contribution in [0.3, 0.4) is 0 Å². The number of carbonyl (C=O) groups is 2. The fourth-order valence-corrected chi connectivity index (χ4v) is 5.16. The first-order valence-electron chi connectivity index (χ1n) is 12.7. The maximum absolute atomic E-state index is 13.4. The van der Waals surface area contributed by atoms with E-state index in [1.54, 1.807) is 24.3 Å². The number of oxazole rings is 1. The van der Waals surface area contributed by atoms with Gasteiger partial charge in [-0.25, -0.2) is 9.37 Å². The Morgan fingerprint density at radius 3 is 2.49 bits per heavy atom. The molecule has 8 heteroatoms. The molecule has 6 rings (SSSR count). The molecule has 0 radical (unpaired) electrons. The van der Waals surface area contributed by atoms with Crippen LogP contribution >= 0.6 is 0 Å². The molecule has 0 atom stereocenters. The third-order valence-electron chi connectivity index (χ3n) is 7.38. The maximum Gasteiger partial charge on any atom is 0.252 e. The van der Waals surface area contributed by atoms with E-state index in [-0.39, 0.29) is 11.7 Å². The Kier molecular flexibility index (Phi) is 5.83. The number of benzene rings is 3. The molecule has 2 heterocycles. The fourth-order valence-electron chi connectivity index (χ4n) is 5.16. The van der Waals surface area contributed by atoms with Gasteiger partial charge < -0.3 is 19.9 Å². The van der Waals surface area contributed by atoms with Crippen LogP contribution in [0.5, 0.6) is 0 Å². The number of hydrogen-bond donors (Lipinski definition) is 2. The van der Waals surface area contributed by atoms with Gasteiger partial charge in [-0.05, 0) is 85.3 Å². The predicted molar refractivity (Wildman–Crippen MR) is 144 cm³/mol. The number of nitrogens with one attached hydrogen (secondary N) is 1. The number of primary amides is 1. The van der Waals surface area contributed by atoms with Crippen molar-refractivity contribution in [1.82, 2.24) is 10.3 Å². The Labute approximate surface area is 223 Å². The van der Waals surface area contributed by atoms with E-state index in [1.165, 1.54) is 18.5 Å². The highest BCUT2D eigenvalue weighted by Gasteiger charge is 2.50. The highest BCUT2D eigenvalue weighted by molar-refractivity contribution is 6.07. The monoisotopic (exact) mass is 523 g/mol. The third-order valence-corrected chi connectivity index (χ3v) is 7.38. The van der Waals surface area contributed by atoms with E-state index in [1.807, 2.05) is 38.1 Å². The summed E-state index contributed by atoms with van der Waals surface area (Å²) < 4.78 is 24.9. The van der Waals surface area contributed by atoms with Gasteiger partial charge in [0.2, 0.25) is 0 Å². The summed E-state index contributed by atoms with van der Waals surface area (Å²) >= 11 is 0. The van der Waals surface area contributed by atoms with Gasteiger partial charge in [0.15, 0.2) is 12.2 Å². The quantitative estimate of drug-likeness (QED) is 0.274. The summed E-state index contributed by atoms with van der Waals surface area (Å²) in [4.78, 5) is 29.9. The minimum absolute atomic E-state index is 0.201. The Morgan fingerprint density at radius 1 is 1.05 bits per heavy atom. The zero-order valence-corrected chi connectivity index (χ0v) is 21.5. The van der Waals surface area contributed by atoms with Gasteiger partial charge >= 0.3 is 0 Å². The van der Waals surface area contributed by atoms with E-state index in [9.17, 15) is 14.0 Å². The molecule has 1 aliphatic rings. The molecule has 196 valence electrons. The second kappa shape index (κ2) is 9.23. The van der Waals surface area contributed by atoms with E-state index in [2.05, 4.69) is 10.3 Å². The van der Waals surface area contributed by atoms with Crippen molar-refractivity contribution in [3.05, 3.63) is 112 Å². The zero-order chi connectivity index (χ0) is 27.3. The average Bonchev–Trinajstić information content (AvgIpc) is 3.38. The number of nitrogens with zero attached hydrogens (tertiary/aromatic N) is 1. The number of nitrogens with two attached hydrogens (primary N) is 1. The molecule has 0 unspecified atom stereocenters. The highest BCUT2D eigenvalue weighted by atomic mass is 19.1. The highest BCUT2D eigenvalue weighted by Crippen LogP contribution is 2.47. The Morgan fingerprint density at radius 2 is 1.82 bits per heavy atom. The van der Waals surface area contributed by atoms with Crippen LogP contribution in [0.15, 0.2) is 75.9 Å².